The number of thiophene rings is 1. The molecule has 8 heteroatoms. The molecule has 2 unspecified atom stereocenters. The summed E-state index contributed by atoms with van der Waals surface area (Å²) in [7, 11) is 1.81. The van der Waals surface area contributed by atoms with Crippen LogP contribution in [0.15, 0.2) is 35.8 Å². The largest absolute Gasteiger partial charge is 0.347 e. The van der Waals surface area contributed by atoms with E-state index >= 15 is 0 Å². The summed E-state index contributed by atoms with van der Waals surface area (Å²) in [6, 6.07) is 6.35. The van der Waals surface area contributed by atoms with Gasteiger partial charge in [0.05, 0.1) is 6.54 Å². The van der Waals surface area contributed by atoms with E-state index in [0.29, 0.717) is 25.2 Å². The summed E-state index contributed by atoms with van der Waals surface area (Å²) in [5.74, 6) is -0.359. The maximum atomic E-state index is 12.8. The molecule has 7 nitrogen and oxygen atoms in total. The molecule has 1 N–H and O–H groups in total. The van der Waals surface area contributed by atoms with Crippen LogP contribution in [-0.4, -0.2) is 63.8 Å². The Morgan fingerprint density at radius 2 is 2.12 bits per heavy atom. The van der Waals surface area contributed by atoms with Gasteiger partial charge in [-0.1, -0.05) is 6.07 Å². The lowest BCUT2D eigenvalue weighted by Crippen LogP contribution is -2.70. The molecule has 4 rings (SSSR count). The smallest absolute Gasteiger partial charge is 0.270 e. The molecule has 0 saturated carbocycles. The number of piperazine rings is 2. The van der Waals surface area contributed by atoms with Crippen LogP contribution in [0.25, 0.3) is 0 Å². The molecule has 2 aliphatic rings. The molecule has 3 amide bonds. The van der Waals surface area contributed by atoms with Gasteiger partial charge >= 0.3 is 0 Å². The predicted molar refractivity (Wildman–Crippen MR) is 96.8 cm³/mol. The topological polar surface area (TPSA) is 74.7 Å². The molecule has 0 radical (unpaired) electrons. The van der Waals surface area contributed by atoms with Gasteiger partial charge in [-0.15, -0.1) is 11.3 Å². The number of nitrogens with one attached hydrogen (secondary N) is 1. The zero-order valence-corrected chi connectivity index (χ0v) is 15.2. The summed E-state index contributed by atoms with van der Waals surface area (Å²) >= 11 is 1.58. The van der Waals surface area contributed by atoms with Gasteiger partial charge in [0, 0.05) is 37.6 Å². The Labute approximate surface area is 155 Å². The van der Waals surface area contributed by atoms with Crippen molar-refractivity contribution in [1.82, 2.24) is 19.7 Å². The number of carbonyl (C=O) groups excluding carboxylic acids is 3. The zero-order chi connectivity index (χ0) is 18.3. The van der Waals surface area contributed by atoms with E-state index in [9.17, 15) is 14.4 Å². The van der Waals surface area contributed by atoms with Crippen molar-refractivity contribution in [1.29, 1.82) is 0 Å². The maximum absolute atomic E-state index is 12.8. The highest BCUT2D eigenvalue weighted by atomic mass is 32.1. The molecule has 2 atom stereocenters. The fourth-order valence-electron chi connectivity index (χ4n) is 3.60. The molecule has 0 aromatic carbocycles. The molecule has 2 aromatic rings. The summed E-state index contributed by atoms with van der Waals surface area (Å²) in [5, 5.41) is 4.80. The van der Waals surface area contributed by atoms with Crippen molar-refractivity contribution in [2.75, 3.05) is 19.6 Å². The van der Waals surface area contributed by atoms with Crippen molar-refractivity contribution < 1.29 is 14.4 Å². The van der Waals surface area contributed by atoms with Gasteiger partial charge in [-0.25, -0.2) is 0 Å². The monoisotopic (exact) mass is 372 g/mol. The van der Waals surface area contributed by atoms with Gasteiger partial charge in [0.2, 0.25) is 11.8 Å². The highest BCUT2D eigenvalue weighted by Gasteiger charge is 2.44. The number of hydrogen-bond acceptors (Lipinski definition) is 4. The lowest BCUT2D eigenvalue weighted by atomic mass is 10.0. The molecule has 26 heavy (non-hydrogen) atoms. The van der Waals surface area contributed by atoms with Gasteiger partial charge in [-0.05, 0) is 23.6 Å². The second-order valence-corrected chi connectivity index (χ2v) is 7.68. The second kappa shape index (κ2) is 6.60. The average molecular weight is 372 g/mol. The molecular weight excluding hydrogens is 352 g/mol. The van der Waals surface area contributed by atoms with E-state index in [1.165, 1.54) is 0 Å². The summed E-state index contributed by atoms with van der Waals surface area (Å²) in [4.78, 5) is 42.4. The first-order valence-corrected chi connectivity index (χ1v) is 9.46. The number of hydrogen-bond donors (Lipinski definition) is 1. The lowest BCUT2D eigenvalue weighted by molar-refractivity contribution is -0.152. The van der Waals surface area contributed by atoms with Gasteiger partial charge in [0.25, 0.3) is 5.91 Å². The van der Waals surface area contributed by atoms with Crippen molar-refractivity contribution in [3.05, 3.63) is 46.4 Å². The Kier molecular flexibility index (Phi) is 4.28. The minimum atomic E-state index is -0.611. The molecular formula is C18H20N4O3S. The molecule has 2 aliphatic heterocycles. The second-order valence-electron chi connectivity index (χ2n) is 6.65. The van der Waals surface area contributed by atoms with E-state index in [0.717, 1.165) is 4.88 Å². The molecule has 4 heterocycles. The van der Waals surface area contributed by atoms with Crippen LogP contribution in [0.3, 0.4) is 0 Å². The van der Waals surface area contributed by atoms with Gasteiger partial charge in [0.15, 0.2) is 0 Å². The predicted octanol–water partition coefficient (Wildman–Crippen LogP) is 0.481. The number of amides is 3. The molecule has 2 saturated heterocycles. The lowest BCUT2D eigenvalue weighted by Gasteiger charge is -2.45. The summed E-state index contributed by atoms with van der Waals surface area (Å²) < 4.78 is 1.76. The van der Waals surface area contributed by atoms with Crippen molar-refractivity contribution in [3.63, 3.8) is 0 Å². The van der Waals surface area contributed by atoms with E-state index in [2.05, 4.69) is 5.32 Å². The molecule has 0 aliphatic carbocycles. The van der Waals surface area contributed by atoms with Crippen molar-refractivity contribution in [2.24, 2.45) is 7.05 Å². The molecule has 0 spiro atoms. The molecule has 2 fully saturated rings. The first-order valence-electron chi connectivity index (χ1n) is 8.58. The van der Waals surface area contributed by atoms with E-state index in [4.69, 9.17) is 0 Å². The normalized spacial score (nSPS) is 23.0. The van der Waals surface area contributed by atoms with Crippen LogP contribution in [0, 0.1) is 0 Å². The van der Waals surface area contributed by atoms with Gasteiger partial charge in [0.1, 0.15) is 17.8 Å². The van der Waals surface area contributed by atoms with Gasteiger partial charge < -0.3 is 19.7 Å². The third kappa shape index (κ3) is 2.90. The third-order valence-electron chi connectivity index (χ3n) is 5.02. The highest BCUT2D eigenvalue weighted by molar-refractivity contribution is 7.09. The minimum absolute atomic E-state index is 0.0611. The van der Waals surface area contributed by atoms with E-state index in [-0.39, 0.29) is 24.3 Å². The molecule has 0 bridgehead atoms. The van der Waals surface area contributed by atoms with E-state index in [1.807, 2.05) is 36.8 Å². The number of aryl methyl sites for hydroxylation is 1. The van der Waals surface area contributed by atoms with Crippen molar-refractivity contribution in [3.8, 4) is 0 Å². The number of fused-ring (bicyclic) bond motifs is 1. The van der Waals surface area contributed by atoms with Crippen molar-refractivity contribution in [2.45, 2.75) is 18.5 Å². The Balaban J connectivity index is 1.47. The Morgan fingerprint density at radius 1 is 1.27 bits per heavy atom. The van der Waals surface area contributed by atoms with Crippen molar-refractivity contribution >= 4 is 29.1 Å². The van der Waals surface area contributed by atoms with Crippen LogP contribution in [-0.2, 0) is 23.1 Å². The van der Waals surface area contributed by atoms with Crippen LogP contribution in [0.5, 0.6) is 0 Å². The quantitative estimate of drug-likeness (QED) is 0.852. The summed E-state index contributed by atoms with van der Waals surface area (Å²) in [6.45, 7) is 1.05. The van der Waals surface area contributed by atoms with Crippen LogP contribution >= 0.6 is 11.3 Å². The first-order chi connectivity index (χ1) is 12.5. The van der Waals surface area contributed by atoms with Crippen LogP contribution in [0.4, 0.5) is 0 Å². The van der Waals surface area contributed by atoms with Crippen LogP contribution < -0.4 is 5.32 Å². The highest BCUT2D eigenvalue weighted by Crippen LogP contribution is 2.21. The number of rotatable bonds is 3. The van der Waals surface area contributed by atoms with Crippen LogP contribution in [0.2, 0.25) is 0 Å². The Morgan fingerprint density at radius 3 is 2.81 bits per heavy atom. The Hall–Kier alpha value is -2.61. The fourth-order valence-corrected chi connectivity index (χ4v) is 4.35. The number of nitrogens with zero attached hydrogens (tertiary/aromatic N) is 3. The standard InChI is InChI=1S/C18H20N4O3S/c1-20-6-2-5-14(20)18(25)21-7-8-22-15(11-21)16(23)19-13(17(22)24)10-12-4-3-9-26-12/h2-6,9,13,15H,7-8,10-11H2,1H3,(H,19,23). The minimum Gasteiger partial charge on any atom is -0.347 e. The van der Waals surface area contributed by atoms with Gasteiger partial charge in [-0.2, -0.15) is 0 Å². The number of carbonyl (C=O) groups is 3. The molecule has 2 aromatic heterocycles. The Bertz CT molecular complexity index is 845. The fraction of sp³-hybridized carbons (Fsp3) is 0.389. The van der Waals surface area contributed by atoms with E-state index < -0.39 is 12.1 Å². The third-order valence-corrected chi connectivity index (χ3v) is 5.91. The molecule has 136 valence electrons. The van der Waals surface area contributed by atoms with E-state index in [1.54, 1.807) is 31.8 Å². The SMILES string of the molecule is Cn1cccc1C(=O)N1CCN2C(=O)C(Cc3cccs3)NC(=O)C2C1. The maximum Gasteiger partial charge on any atom is 0.270 e. The summed E-state index contributed by atoms with van der Waals surface area (Å²) in [6.07, 6.45) is 2.33. The average Bonchev–Trinajstić information content (AvgIpc) is 3.30. The summed E-state index contributed by atoms with van der Waals surface area (Å²) in [5.41, 5.74) is 0.580. The van der Waals surface area contributed by atoms with Gasteiger partial charge in [-0.3, -0.25) is 14.4 Å². The van der Waals surface area contributed by atoms with Crippen LogP contribution in [0.1, 0.15) is 15.4 Å². The zero-order valence-electron chi connectivity index (χ0n) is 14.4. The first kappa shape index (κ1) is 16.8. The number of aromatic nitrogens is 1.